The first-order valence-electron chi connectivity index (χ1n) is 29.3. The third-order valence-electron chi connectivity index (χ3n) is 15.7. The molecule has 4 aliphatic heterocycles. The summed E-state index contributed by atoms with van der Waals surface area (Å²) in [6.45, 7) is 15.8. The highest BCUT2D eigenvalue weighted by atomic mass is 16.5. The average Bonchev–Trinajstić information content (AvgIpc) is 3.70. The molecule has 0 atom stereocenters. The number of anilines is 4. The largest absolute Gasteiger partial charge is 0.384 e. The summed E-state index contributed by atoms with van der Waals surface area (Å²) in [5.41, 5.74) is 16.1. The van der Waals surface area contributed by atoms with E-state index in [-0.39, 0.29) is 0 Å². The normalized spacial score (nSPS) is 15.1. The highest BCUT2D eigenvalue weighted by molar-refractivity contribution is 5.75. The summed E-state index contributed by atoms with van der Waals surface area (Å²) in [5, 5.41) is 40.2. The Bertz CT molecular complexity index is 3380. The van der Waals surface area contributed by atoms with Gasteiger partial charge in [0.25, 0.3) is 0 Å². The lowest BCUT2D eigenvalue weighted by Gasteiger charge is -2.34. The topological polar surface area (TPSA) is 142 Å². The summed E-state index contributed by atoms with van der Waals surface area (Å²) in [4.78, 5) is 12.0. The van der Waals surface area contributed by atoms with Crippen LogP contribution in [0, 0.1) is 45.3 Å². The number of nitrogens with zero attached hydrogens (tertiary/aromatic N) is 9. The number of hydrogen-bond donors (Lipinski definition) is 1. The maximum atomic E-state index is 9.20. The van der Waals surface area contributed by atoms with Gasteiger partial charge in [0.05, 0.1) is 73.0 Å². The van der Waals surface area contributed by atoms with Crippen molar-refractivity contribution >= 4 is 22.7 Å². The van der Waals surface area contributed by atoms with Crippen LogP contribution in [0.1, 0.15) is 41.5 Å². The van der Waals surface area contributed by atoms with Gasteiger partial charge < -0.3 is 34.4 Å². The van der Waals surface area contributed by atoms with Crippen LogP contribution in [0.5, 0.6) is 0 Å². The molecule has 0 amide bonds. The van der Waals surface area contributed by atoms with Crippen molar-refractivity contribution in [2.45, 2.75) is 19.3 Å². The number of morpholine rings is 2. The van der Waals surface area contributed by atoms with Gasteiger partial charge in [-0.25, -0.2) is 0 Å². The van der Waals surface area contributed by atoms with Crippen LogP contribution < -0.4 is 20.0 Å². The molecule has 0 aromatic heterocycles. The number of piperidine rings is 1. The Morgan fingerprint density at radius 3 is 1.05 bits per heavy atom. The van der Waals surface area contributed by atoms with Gasteiger partial charge in [-0.15, -0.1) is 0 Å². The predicted octanol–water partition coefficient (Wildman–Crippen LogP) is 13.2. The quantitative estimate of drug-likeness (QED) is 0.132. The number of nitrogens with one attached hydrogen (secondary N) is 1. The van der Waals surface area contributed by atoms with E-state index in [0.717, 1.165) is 166 Å². The first-order chi connectivity index (χ1) is 41.4. The van der Waals surface area contributed by atoms with Crippen molar-refractivity contribution in [2.75, 3.05) is 132 Å². The standard InChI is InChI=1S/C19H21N3O.C18H19N3.C18H18N2.C17H16N2O/c20-15-17-3-1-2-4-19(17)16-5-7-18(8-6-16)21-9-10-22-11-13-23-14-12-22;1-20-10-12-21(13-11-20)17-8-6-15(7-9-17)18-5-3-2-4-16(18)14-19;19-14-16-6-2-3-7-18(16)15-8-10-17(11-9-15)20-12-4-1-5-13-20;18-13-15-3-1-2-4-17(15)14-5-7-16(8-6-14)19-9-11-20-12-10-19/h1-8,21H,9-14H2;2-9H,10-13H2,1H3;2-3,6-11H,1,4-5,12-13H2;1-8H,9-12H2. The summed E-state index contributed by atoms with van der Waals surface area (Å²) >= 11 is 0. The van der Waals surface area contributed by atoms with Crippen molar-refractivity contribution in [2.24, 2.45) is 0 Å². The molecule has 12 heteroatoms. The minimum atomic E-state index is 0.709. The number of nitriles is 4. The number of ether oxygens (including phenoxy) is 2. The lowest BCUT2D eigenvalue weighted by molar-refractivity contribution is 0.0398. The first-order valence-corrected chi connectivity index (χ1v) is 29.3. The third kappa shape index (κ3) is 16.5. The zero-order valence-corrected chi connectivity index (χ0v) is 48.3. The van der Waals surface area contributed by atoms with Crippen molar-refractivity contribution in [1.82, 2.24) is 9.80 Å². The van der Waals surface area contributed by atoms with Gasteiger partial charge in [0, 0.05) is 101 Å². The van der Waals surface area contributed by atoms with Gasteiger partial charge in [0.1, 0.15) is 0 Å². The van der Waals surface area contributed by atoms with E-state index >= 15 is 0 Å². The average molecular weight is 1110 g/mol. The van der Waals surface area contributed by atoms with Crippen molar-refractivity contribution in [1.29, 1.82) is 21.0 Å². The zero-order chi connectivity index (χ0) is 58.1. The second-order valence-corrected chi connectivity index (χ2v) is 21.2. The molecule has 0 spiro atoms. The molecule has 424 valence electrons. The van der Waals surface area contributed by atoms with Crippen LogP contribution in [0.2, 0.25) is 0 Å². The van der Waals surface area contributed by atoms with Gasteiger partial charge in [-0.1, -0.05) is 121 Å². The van der Waals surface area contributed by atoms with Crippen LogP contribution in [0.4, 0.5) is 22.7 Å². The van der Waals surface area contributed by atoms with Crippen molar-refractivity contribution < 1.29 is 9.47 Å². The summed E-state index contributed by atoms with van der Waals surface area (Å²) in [6.07, 6.45) is 3.93. The molecule has 0 radical (unpaired) electrons. The van der Waals surface area contributed by atoms with Gasteiger partial charge >= 0.3 is 0 Å². The highest BCUT2D eigenvalue weighted by Gasteiger charge is 2.17. The summed E-state index contributed by atoms with van der Waals surface area (Å²) < 4.78 is 10.7. The second-order valence-electron chi connectivity index (χ2n) is 21.2. The van der Waals surface area contributed by atoms with Crippen LogP contribution in [-0.2, 0) is 9.47 Å². The molecule has 1 N–H and O–H groups in total. The molecule has 0 unspecified atom stereocenters. The Kier molecular flexibility index (Phi) is 22.1. The zero-order valence-electron chi connectivity index (χ0n) is 48.3. The third-order valence-corrected chi connectivity index (χ3v) is 15.7. The smallest absolute Gasteiger partial charge is 0.0998 e. The van der Waals surface area contributed by atoms with E-state index in [4.69, 9.17) is 14.7 Å². The lowest BCUT2D eigenvalue weighted by atomic mass is 10.00. The van der Waals surface area contributed by atoms with E-state index in [1.54, 1.807) is 0 Å². The molecule has 0 aliphatic carbocycles. The van der Waals surface area contributed by atoms with Gasteiger partial charge in [-0.05, 0) is 144 Å². The SMILES string of the molecule is CN1CCN(c2ccc(-c3ccccc3C#N)cc2)CC1.N#Cc1ccccc1-c1ccc(N2CCCCC2)cc1.N#Cc1ccccc1-c1ccc(N2CCOCC2)cc1.N#Cc1ccccc1-c1ccc(NCCN2CCOCC2)cc1. The number of piperazine rings is 1. The van der Waals surface area contributed by atoms with Crippen LogP contribution in [0.15, 0.2) is 194 Å². The first kappa shape index (κ1) is 59.4. The van der Waals surface area contributed by atoms with Crippen molar-refractivity contribution in [3.63, 3.8) is 0 Å². The molecule has 4 aliphatic rings. The molecular weight excluding hydrogens is 1040 g/mol. The minimum absolute atomic E-state index is 0.709. The Hall–Kier alpha value is -9.24. The van der Waals surface area contributed by atoms with Gasteiger partial charge in [0.2, 0.25) is 0 Å². The van der Waals surface area contributed by atoms with E-state index in [9.17, 15) is 15.8 Å². The van der Waals surface area contributed by atoms with Gasteiger partial charge in [0.15, 0.2) is 0 Å². The van der Waals surface area contributed by atoms with E-state index < -0.39 is 0 Å². The maximum Gasteiger partial charge on any atom is 0.0998 e. The Balaban J connectivity index is 0.000000135. The van der Waals surface area contributed by atoms with Gasteiger partial charge in [-0.3, -0.25) is 4.90 Å². The van der Waals surface area contributed by atoms with Gasteiger partial charge in [-0.2, -0.15) is 21.0 Å². The summed E-state index contributed by atoms with van der Waals surface area (Å²) in [7, 11) is 2.17. The molecule has 84 heavy (non-hydrogen) atoms. The molecular formula is C72H74N10O2. The number of hydrogen-bond acceptors (Lipinski definition) is 12. The molecule has 8 aromatic rings. The monoisotopic (exact) mass is 1110 g/mol. The fourth-order valence-electron chi connectivity index (χ4n) is 10.9. The Morgan fingerprint density at radius 1 is 0.357 bits per heavy atom. The predicted molar refractivity (Wildman–Crippen MR) is 341 cm³/mol. The van der Waals surface area contributed by atoms with E-state index in [2.05, 4.69) is 158 Å². The minimum Gasteiger partial charge on any atom is -0.384 e. The molecule has 0 saturated carbocycles. The van der Waals surface area contributed by atoms with E-state index in [0.29, 0.717) is 11.1 Å². The number of likely N-dealkylation sites (N-methyl/N-ethyl adjacent to an activating group) is 1. The molecule has 12 nitrogen and oxygen atoms in total. The molecule has 4 fully saturated rings. The van der Waals surface area contributed by atoms with E-state index in [1.165, 1.54) is 36.3 Å². The van der Waals surface area contributed by atoms with Crippen molar-refractivity contribution in [3.8, 4) is 68.8 Å². The lowest BCUT2D eigenvalue weighted by Crippen LogP contribution is -2.44. The van der Waals surface area contributed by atoms with Crippen LogP contribution in [-0.4, -0.2) is 122 Å². The fraction of sp³-hybridized carbons (Fsp3) is 0.278. The summed E-state index contributed by atoms with van der Waals surface area (Å²) in [6, 6.07) is 73.8. The fourth-order valence-corrected chi connectivity index (χ4v) is 10.9. The van der Waals surface area contributed by atoms with Crippen LogP contribution in [0.25, 0.3) is 44.5 Å². The summed E-state index contributed by atoms with van der Waals surface area (Å²) in [5.74, 6) is 0. The van der Waals surface area contributed by atoms with E-state index in [1.807, 2.05) is 97.1 Å². The molecule has 4 heterocycles. The highest BCUT2D eigenvalue weighted by Crippen LogP contribution is 2.30. The Morgan fingerprint density at radius 2 is 0.679 bits per heavy atom. The second kappa shape index (κ2) is 31.3. The molecule has 0 bridgehead atoms. The maximum absolute atomic E-state index is 9.20. The van der Waals surface area contributed by atoms with Crippen LogP contribution in [0.3, 0.4) is 0 Å². The molecule has 12 rings (SSSR count). The van der Waals surface area contributed by atoms with Crippen LogP contribution >= 0.6 is 0 Å². The number of rotatable bonds is 11. The number of benzene rings is 8. The Labute approximate surface area is 497 Å². The molecule has 8 aromatic carbocycles. The molecule has 4 saturated heterocycles. The van der Waals surface area contributed by atoms with Crippen molar-refractivity contribution in [3.05, 3.63) is 216 Å².